The highest BCUT2D eigenvalue weighted by atomic mass is 32.1. The van der Waals surface area contributed by atoms with Crippen LogP contribution in [0.25, 0.3) is 0 Å². The number of rotatable bonds is 6. The molecule has 1 rings (SSSR count). The number of hydrogen-bond donors (Lipinski definition) is 1. The predicted octanol–water partition coefficient (Wildman–Crippen LogP) is 4.19. The predicted molar refractivity (Wildman–Crippen MR) is 81.3 cm³/mol. The summed E-state index contributed by atoms with van der Waals surface area (Å²) in [5, 5.41) is 7.08. The van der Waals surface area contributed by atoms with E-state index in [0.717, 1.165) is 18.7 Å². The van der Waals surface area contributed by atoms with Crippen LogP contribution >= 0.6 is 11.3 Å². The standard InChI is InChI=1S/C15H28N2S/c1-7-8-15(6,11-16-14(3,4)5)9-13-17-12(2)10-18-13/h10,16H,7-9,11H2,1-6H3. The lowest BCUT2D eigenvalue weighted by Crippen LogP contribution is -2.43. The van der Waals surface area contributed by atoms with Crippen molar-refractivity contribution in [1.82, 2.24) is 10.3 Å². The van der Waals surface area contributed by atoms with Crippen LogP contribution in [-0.4, -0.2) is 17.1 Å². The summed E-state index contributed by atoms with van der Waals surface area (Å²) in [7, 11) is 0. The molecule has 0 aliphatic carbocycles. The first kappa shape index (κ1) is 15.6. The van der Waals surface area contributed by atoms with E-state index in [4.69, 9.17) is 0 Å². The third-order valence-corrected chi connectivity index (χ3v) is 4.11. The van der Waals surface area contributed by atoms with Crippen molar-refractivity contribution >= 4 is 11.3 Å². The smallest absolute Gasteiger partial charge is 0.0934 e. The largest absolute Gasteiger partial charge is 0.312 e. The lowest BCUT2D eigenvalue weighted by molar-refractivity contribution is 0.243. The fraction of sp³-hybridized carbons (Fsp3) is 0.800. The summed E-state index contributed by atoms with van der Waals surface area (Å²) >= 11 is 1.80. The quantitative estimate of drug-likeness (QED) is 0.837. The van der Waals surface area contributed by atoms with Crippen LogP contribution in [0.5, 0.6) is 0 Å². The van der Waals surface area contributed by atoms with Gasteiger partial charge in [-0.3, -0.25) is 0 Å². The average Bonchev–Trinajstić information content (AvgIpc) is 2.60. The van der Waals surface area contributed by atoms with Gasteiger partial charge in [0.05, 0.1) is 5.01 Å². The molecular weight excluding hydrogens is 240 g/mol. The second kappa shape index (κ2) is 6.16. The SMILES string of the molecule is CCCC(C)(CNC(C)(C)C)Cc1nc(C)cs1. The Bertz CT molecular complexity index is 365. The van der Waals surface area contributed by atoms with E-state index in [9.17, 15) is 0 Å². The van der Waals surface area contributed by atoms with Gasteiger partial charge in [0.15, 0.2) is 0 Å². The number of aryl methyl sites for hydroxylation is 1. The molecule has 0 amide bonds. The molecule has 0 aromatic carbocycles. The van der Waals surface area contributed by atoms with Crippen LogP contribution in [0.2, 0.25) is 0 Å². The van der Waals surface area contributed by atoms with Crippen molar-refractivity contribution in [1.29, 1.82) is 0 Å². The molecule has 0 aliphatic rings. The van der Waals surface area contributed by atoms with E-state index in [1.807, 2.05) is 0 Å². The molecule has 1 atom stereocenters. The van der Waals surface area contributed by atoms with Crippen LogP contribution in [0.4, 0.5) is 0 Å². The van der Waals surface area contributed by atoms with E-state index in [-0.39, 0.29) is 5.54 Å². The third-order valence-electron chi connectivity index (χ3n) is 3.14. The normalized spacial score (nSPS) is 15.7. The minimum atomic E-state index is 0.188. The van der Waals surface area contributed by atoms with Crippen molar-refractivity contribution in [2.24, 2.45) is 5.41 Å². The number of aromatic nitrogens is 1. The highest BCUT2D eigenvalue weighted by Gasteiger charge is 2.26. The monoisotopic (exact) mass is 268 g/mol. The first-order valence-electron chi connectivity index (χ1n) is 6.90. The second-order valence-electron chi connectivity index (χ2n) is 6.72. The molecule has 1 aromatic heterocycles. The molecule has 0 aliphatic heterocycles. The summed E-state index contributed by atoms with van der Waals surface area (Å²) < 4.78 is 0. The van der Waals surface area contributed by atoms with Gasteiger partial charge in [0, 0.05) is 29.6 Å². The third kappa shape index (κ3) is 5.49. The Hall–Kier alpha value is -0.410. The summed E-state index contributed by atoms with van der Waals surface area (Å²) in [4.78, 5) is 4.61. The molecule has 2 nitrogen and oxygen atoms in total. The topological polar surface area (TPSA) is 24.9 Å². The molecule has 0 saturated carbocycles. The van der Waals surface area contributed by atoms with Crippen molar-refractivity contribution in [2.75, 3.05) is 6.54 Å². The summed E-state index contributed by atoms with van der Waals surface area (Å²) in [5.41, 5.74) is 1.65. The van der Waals surface area contributed by atoms with E-state index in [1.54, 1.807) is 11.3 Å². The Labute approximate surface area is 116 Å². The highest BCUT2D eigenvalue weighted by Crippen LogP contribution is 2.29. The van der Waals surface area contributed by atoms with Crippen molar-refractivity contribution in [3.8, 4) is 0 Å². The molecule has 104 valence electrons. The molecular formula is C15H28N2S. The van der Waals surface area contributed by atoms with Gasteiger partial charge in [0.2, 0.25) is 0 Å². The van der Waals surface area contributed by atoms with Gasteiger partial charge >= 0.3 is 0 Å². The number of nitrogens with zero attached hydrogens (tertiary/aromatic N) is 1. The number of nitrogens with one attached hydrogen (secondary N) is 1. The van der Waals surface area contributed by atoms with E-state index >= 15 is 0 Å². The minimum Gasteiger partial charge on any atom is -0.312 e. The van der Waals surface area contributed by atoms with Crippen LogP contribution in [0.1, 0.15) is 58.2 Å². The Balaban J connectivity index is 2.67. The second-order valence-corrected chi connectivity index (χ2v) is 7.67. The van der Waals surface area contributed by atoms with Crippen molar-refractivity contribution < 1.29 is 0 Å². The molecule has 18 heavy (non-hydrogen) atoms. The van der Waals surface area contributed by atoms with E-state index in [1.165, 1.54) is 17.8 Å². The number of hydrogen-bond acceptors (Lipinski definition) is 3. The Morgan fingerprint density at radius 1 is 1.28 bits per heavy atom. The Morgan fingerprint density at radius 2 is 1.94 bits per heavy atom. The van der Waals surface area contributed by atoms with Gasteiger partial charge in [0.25, 0.3) is 0 Å². The molecule has 0 bridgehead atoms. The van der Waals surface area contributed by atoms with Crippen LogP contribution in [0.3, 0.4) is 0 Å². The van der Waals surface area contributed by atoms with Crippen molar-refractivity contribution in [2.45, 2.75) is 66.3 Å². The highest BCUT2D eigenvalue weighted by molar-refractivity contribution is 7.09. The Kier molecular flexibility index (Phi) is 5.35. The van der Waals surface area contributed by atoms with Crippen molar-refractivity contribution in [3.63, 3.8) is 0 Å². The molecule has 1 heterocycles. The minimum absolute atomic E-state index is 0.188. The fourth-order valence-corrected chi connectivity index (χ4v) is 3.16. The van der Waals surface area contributed by atoms with Gasteiger partial charge in [-0.2, -0.15) is 0 Å². The first-order chi connectivity index (χ1) is 8.24. The molecule has 1 N–H and O–H groups in total. The molecule has 1 unspecified atom stereocenters. The van der Waals surface area contributed by atoms with E-state index in [0.29, 0.717) is 5.41 Å². The molecule has 0 saturated heterocycles. The van der Waals surface area contributed by atoms with E-state index < -0.39 is 0 Å². The zero-order valence-corrected chi connectivity index (χ0v) is 13.6. The van der Waals surface area contributed by atoms with Crippen LogP contribution < -0.4 is 5.32 Å². The molecule has 0 spiro atoms. The van der Waals surface area contributed by atoms with Crippen LogP contribution in [0.15, 0.2) is 5.38 Å². The summed E-state index contributed by atoms with van der Waals surface area (Å²) in [5.74, 6) is 0. The number of thiazole rings is 1. The van der Waals surface area contributed by atoms with E-state index in [2.05, 4.69) is 57.2 Å². The van der Waals surface area contributed by atoms with Gasteiger partial charge in [-0.1, -0.05) is 20.3 Å². The maximum absolute atomic E-state index is 4.61. The zero-order chi connectivity index (χ0) is 13.8. The lowest BCUT2D eigenvalue weighted by Gasteiger charge is -2.33. The lowest BCUT2D eigenvalue weighted by atomic mass is 9.81. The van der Waals surface area contributed by atoms with Gasteiger partial charge in [-0.25, -0.2) is 4.98 Å². The van der Waals surface area contributed by atoms with Crippen LogP contribution in [0, 0.1) is 12.3 Å². The maximum Gasteiger partial charge on any atom is 0.0934 e. The fourth-order valence-electron chi connectivity index (χ4n) is 2.17. The molecule has 0 radical (unpaired) electrons. The van der Waals surface area contributed by atoms with Gasteiger partial charge < -0.3 is 5.32 Å². The van der Waals surface area contributed by atoms with Gasteiger partial charge in [0.1, 0.15) is 0 Å². The zero-order valence-electron chi connectivity index (χ0n) is 12.8. The van der Waals surface area contributed by atoms with Crippen LogP contribution in [-0.2, 0) is 6.42 Å². The summed E-state index contributed by atoms with van der Waals surface area (Å²) in [6, 6.07) is 0. The average molecular weight is 268 g/mol. The van der Waals surface area contributed by atoms with Gasteiger partial charge in [-0.15, -0.1) is 11.3 Å². The van der Waals surface area contributed by atoms with Gasteiger partial charge in [-0.05, 0) is 39.5 Å². The first-order valence-corrected chi connectivity index (χ1v) is 7.78. The molecule has 3 heteroatoms. The maximum atomic E-state index is 4.61. The molecule has 1 aromatic rings. The Morgan fingerprint density at radius 3 is 2.39 bits per heavy atom. The summed E-state index contributed by atoms with van der Waals surface area (Å²) in [6.07, 6.45) is 3.56. The molecule has 0 fully saturated rings. The van der Waals surface area contributed by atoms with Crippen molar-refractivity contribution in [3.05, 3.63) is 16.1 Å². The summed E-state index contributed by atoms with van der Waals surface area (Å²) in [6.45, 7) is 14.5.